The summed E-state index contributed by atoms with van der Waals surface area (Å²) in [6.45, 7) is 6.40. The van der Waals surface area contributed by atoms with Crippen molar-refractivity contribution in [2.75, 3.05) is 6.61 Å². The normalized spacial score (nSPS) is 14.4. The molecule has 47 heavy (non-hydrogen) atoms. The van der Waals surface area contributed by atoms with Gasteiger partial charge in [0.2, 0.25) is 5.91 Å². The topological polar surface area (TPSA) is 110 Å². The number of amides is 1. The smallest absolute Gasteiger partial charge is 0.249 e. The van der Waals surface area contributed by atoms with E-state index in [1.807, 2.05) is 0 Å². The van der Waals surface area contributed by atoms with Crippen LogP contribution >= 0.6 is 0 Å². The van der Waals surface area contributed by atoms with Gasteiger partial charge in [0.25, 0.3) is 0 Å². The molecule has 0 rings (SSSR count). The second-order valence-corrected chi connectivity index (χ2v) is 15.2. The highest BCUT2D eigenvalue weighted by atomic mass is 16.3. The fourth-order valence-corrected chi connectivity index (χ4v) is 6.65. The maximum atomic E-state index is 12.5. The number of carbonyl (C=O) groups is 1. The van der Waals surface area contributed by atoms with Gasteiger partial charge in [-0.3, -0.25) is 4.79 Å². The second-order valence-electron chi connectivity index (χ2n) is 15.2. The lowest BCUT2D eigenvalue weighted by Gasteiger charge is -2.27. The molecule has 0 radical (unpaired) electrons. The summed E-state index contributed by atoms with van der Waals surface area (Å²) in [7, 11) is 0. The van der Waals surface area contributed by atoms with Gasteiger partial charge < -0.3 is 25.7 Å². The Morgan fingerprint density at radius 1 is 0.489 bits per heavy atom. The molecule has 4 atom stereocenters. The highest BCUT2D eigenvalue weighted by molar-refractivity contribution is 5.80. The molecule has 0 aromatic heterocycles. The molecule has 0 aromatic rings. The van der Waals surface area contributed by atoms with Crippen LogP contribution in [0.2, 0.25) is 0 Å². The zero-order valence-electron chi connectivity index (χ0n) is 31.7. The van der Waals surface area contributed by atoms with E-state index < -0.39 is 36.9 Å². The van der Waals surface area contributed by atoms with E-state index >= 15 is 0 Å². The highest BCUT2D eigenvalue weighted by Gasteiger charge is 2.28. The number of carbonyl (C=O) groups excluding carboxylic acids is 1. The summed E-state index contributed by atoms with van der Waals surface area (Å²) in [5, 5.41) is 43.5. The van der Waals surface area contributed by atoms with Gasteiger partial charge in [-0.1, -0.05) is 207 Å². The van der Waals surface area contributed by atoms with E-state index in [0.29, 0.717) is 12.8 Å². The molecule has 4 unspecified atom stereocenters. The first-order valence-corrected chi connectivity index (χ1v) is 20.8. The van der Waals surface area contributed by atoms with E-state index in [1.165, 1.54) is 148 Å². The molecular formula is C41H83NO5. The number of aliphatic hydroxyl groups excluding tert-OH is 4. The van der Waals surface area contributed by atoms with Gasteiger partial charge in [-0.15, -0.1) is 0 Å². The third kappa shape index (κ3) is 31.1. The fourth-order valence-electron chi connectivity index (χ4n) is 6.65. The minimum atomic E-state index is -1.25. The average Bonchev–Trinajstić information content (AvgIpc) is 3.06. The molecule has 6 nitrogen and oxygen atoms in total. The zero-order chi connectivity index (χ0) is 34.8. The number of hydrogen-bond acceptors (Lipinski definition) is 5. The van der Waals surface area contributed by atoms with Gasteiger partial charge in [0, 0.05) is 0 Å². The Hall–Kier alpha value is -0.690. The summed E-state index contributed by atoms with van der Waals surface area (Å²) in [6, 6.07) is -0.977. The zero-order valence-corrected chi connectivity index (χ0v) is 31.7. The van der Waals surface area contributed by atoms with E-state index in [1.54, 1.807) is 0 Å². The molecule has 0 fully saturated rings. The van der Waals surface area contributed by atoms with Gasteiger partial charge in [-0.25, -0.2) is 0 Å². The number of unbranched alkanes of at least 4 members (excludes halogenated alkanes) is 26. The molecule has 0 bridgehead atoms. The Labute approximate surface area is 292 Å². The van der Waals surface area contributed by atoms with Crippen LogP contribution in [-0.4, -0.2) is 57.3 Å². The van der Waals surface area contributed by atoms with E-state index in [4.69, 9.17) is 0 Å². The predicted octanol–water partition coefficient (Wildman–Crippen LogP) is 10.3. The van der Waals surface area contributed by atoms with E-state index in [-0.39, 0.29) is 0 Å². The van der Waals surface area contributed by atoms with Gasteiger partial charge in [0.15, 0.2) is 0 Å². The molecule has 5 N–H and O–H groups in total. The van der Waals surface area contributed by atoms with Crippen LogP contribution < -0.4 is 5.32 Å². The first-order chi connectivity index (χ1) is 22.8. The summed E-state index contributed by atoms with van der Waals surface area (Å²) in [4.78, 5) is 12.5. The molecular weight excluding hydrogens is 586 g/mol. The van der Waals surface area contributed by atoms with Crippen molar-refractivity contribution in [1.29, 1.82) is 0 Å². The SMILES string of the molecule is CCCCCCCCCCCCC(O)C(O)C(CO)NC(=O)C(O)CCCCCCCCCCCCCCCCCCCCC(C)C. The van der Waals surface area contributed by atoms with Crippen molar-refractivity contribution in [2.45, 2.75) is 244 Å². The van der Waals surface area contributed by atoms with E-state index in [2.05, 4.69) is 26.1 Å². The molecule has 0 heterocycles. The lowest BCUT2D eigenvalue weighted by Crippen LogP contribution is -2.53. The molecule has 0 aliphatic carbocycles. The number of rotatable bonds is 37. The maximum Gasteiger partial charge on any atom is 0.249 e. The van der Waals surface area contributed by atoms with Crippen LogP contribution in [0.5, 0.6) is 0 Å². The van der Waals surface area contributed by atoms with Gasteiger partial charge >= 0.3 is 0 Å². The van der Waals surface area contributed by atoms with Crippen LogP contribution in [0.3, 0.4) is 0 Å². The van der Waals surface area contributed by atoms with Crippen LogP contribution in [0.25, 0.3) is 0 Å². The van der Waals surface area contributed by atoms with Crippen LogP contribution in [-0.2, 0) is 4.79 Å². The molecule has 0 spiro atoms. The minimum absolute atomic E-state index is 0.375. The molecule has 1 amide bonds. The molecule has 0 aliphatic rings. The van der Waals surface area contributed by atoms with Crippen molar-refractivity contribution < 1.29 is 25.2 Å². The summed E-state index contributed by atoms with van der Waals surface area (Å²) in [6.07, 6.45) is 34.2. The first-order valence-electron chi connectivity index (χ1n) is 20.8. The Kier molecular flexibility index (Phi) is 34.6. The number of nitrogens with one attached hydrogen (secondary N) is 1. The average molecular weight is 670 g/mol. The lowest BCUT2D eigenvalue weighted by molar-refractivity contribution is -0.132. The van der Waals surface area contributed by atoms with Gasteiger partial charge in [0.05, 0.1) is 18.8 Å². The third-order valence-corrected chi connectivity index (χ3v) is 10.00. The Bertz CT molecular complexity index is 645. The summed E-state index contributed by atoms with van der Waals surface area (Å²) < 4.78 is 0. The summed E-state index contributed by atoms with van der Waals surface area (Å²) >= 11 is 0. The largest absolute Gasteiger partial charge is 0.394 e. The Balaban J connectivity index is 3.67. The van der Waals surface area contributed by atoms with Crippen molar-refractivity contribution in [2.24, 2.45) is 5.92 Å². The first kappa shape index (κ1) is 46.3. The Morgan fingerprint density at radius 2 is 0.809 bits per heavy atom. The standard InChI is InChI=1S/C41H83NO5/c1-4-5-6-7-8-9-21-24-27-30-33-38(44)40(46)37(35-43)42-41(47)39(45)34-31-28-25-22-19-17-15-13-11-10-12-14-16-18-20-23-26-29-32-36(2)3/h36-40,43-46H,4-35H2,1-3H3,(H,42,47). The minimum Gasteiger partial charge on any atom is -0.394 e. The van der Waals surface area contributed by atoms with Gasteiger partial charge in [-0.05, 0) is 18.8 Å². The van der Waals surface area contributed by atoms with Gasteiger partial charge in [0.1, 0.15) is 12.2 Å². The molecule has 0 aliphatic heterocycles. The monoisotopic (exact) mass is 670 g/mol. The lowest BCUT2D eigenvalue weighted by atomic mass is 9.99. The molecule has 0 saturated heterocycles. The maximum absolute atomic E-state index is 12.5. The fraction of sp³-hybridized carbons (Fsp3) is 0.976. The van der Waals surface area contributed by atoms with Crippen molar-refractivity contribution in [3.8, 4) is 0 Å². The Morgan fingerprint density at radius 3 is 1.15 bits per heavy atom. The number of aliphatic hydroxyl groups is 4. The van der Waals surface area contributed by atoms with E-state index in [0.717, 1.165) is 44.4 Å². The quantitative estimate of drug-likeness (QED) is 0.0423. The van der Waals surface area contributed by atoms with Crippen molar-refractivity contribution in [3.63, 3.8) is 0 Å². The highest BCUT2D eigenvalue weighted by Crippen LogP contribution is 2.17. The van der Waals surface area contributed by atoms with Crippen LogP contribution in [0, 0.1) is 5.92 Å². The predicted molar refractivity (Wildman–Crippen MR) is 201 cm³/mol. The van der Waals surface area contributed by atoms with Crippen LogP contribution in [0.1, 0.15) is 220 Å². The van der Waals surface area contributed by atoms with E-state index in [9.17, 15) is 25.2 Å². The molecule has 282 valence electrons. The molecule has 0 saturated carbocycles. The third-order valence-electron chi connectivity index (χ3n) is 10.00. The summed E-state index contributed by atoms with van der Waals surface area (Å²) in [5.41, 5.74) is 0. The number of hydrogen-bond donors (Lipinski definition) is 5. The van der Waals surface area contributed by atoms with Crippen LogP contribution in [0.15, 0.2) is 0 Å². The van der Waals surface area contributed by atoms with Gasteiger partial charge in [-0.2, -0.15) is 0 Å². The molecule has 6 heteroatoms. The van der Waals surface area contributed by atoms with Crippen molar-refractivity contribution in [1.82, 2.24) is 5.32 Å². The van der Waals surface area contributed by atoms with Crippen molar-refractivity contribution in [3.05, 3.63) is 0 Å². The second kappa shape index (κ2) is 35.1. The van der Waals surface area contributed by atoms with Crippen molar-refractivity contribution >= 4 is 5.91 Å². The molecule has 0 aromatic carbocycles. The summed E-state index contributed by atoms with van der Waals surface area (Å²) in [5.74, 6) is 0.276. The van der Waals surface area contributed by atoms with Crippen LogP contribution in [0.4, 0.5) is 0 Å².